The van der Waals surface area contributed by atoms with E-state index in [0.717, 1.165) is 6.32 Å². The lowest BCUT2D eigenvalue weighted by Gasteiger charge is -2.03. The van der Waals surface area contributed by atoms with Gasteiger partial charge in [0.25, 0.3) is 0 Å². The van der Waals surface area contributed by atoms with Crippen LogP contribution in [-0.4, -0.2) is 7.85 Å². The van der Waals surface area contributed by atoms with Crippen LogP contribution in [0.25, 0.3) is 0 Å². The first-order chi connectivity index (χ1) is 9.41. The van der Waals surface area contributed by atoms with Crippen molar-refractivity contribution in [2.45, 2.75) is 116 Å². The zero-order valence-electron chi connectivity index (χ0n) is 13.6. The third-order valence-corrected chi connectivity index (χ3v) is 4.06. The van der Waals surface area contributed by atoms with E-state index in [2.05, 4.69) is 6.92 Å². The Morgan fingerprint density at radius 3 is 0.947 bits per heavy atom. The predicted octanol–water partition coefficient (Wildman–Crippen LogP) is 6.83. The number of rotatable bonds is 16. The minimum atomic E-state index is 0.873. The van der Waals surface area contributed by atoms with Crippen molar-refractivity contribution in [3.8, 4) is 0 Å². The number of unbranched alkanes of at least 4 members (excludes halogenated alkanes) is 15. The van der Waals surface area contributed by atoms with Crippen molar-refractivity contribution >= 4 is 7.85 Å². The van der Waals surface area contributed by atoms with Gasteiger partial charge in [0.2, 0.25) is 0 Å². The maximum Gasteiger partial charge on any atom is 0.0653 e. The maximum absolute atomic E-state index is 5.48. The summed E-state index contributed by atoms with van der Waals surface area (Å²) in [5.74, 6) is 0. The first-order valence-corrected chi connectivity index (χ1v) is 9.12. The standard InChI is InChI=1S/C18H37B/c1-2-3-4-5-6-7-8-9-10-11-12-13-14-15-16-17-18-19/h2-18H2,1H3. The van der Waals surface area contributed by atoms with Gasteiger partial charge in [-0.2, -0.15) is 0 Å². The molecule has 0 aromatic carbocycles. The summed E-state index contributed by atoms with van der Waals surface area (Å²) in [4.78, 5) is 0. The van der Waals surface area contributed by atoms with Gasteiger partial charge in [-0.3, -0.25) is 0 Å². The first kappa shape index (κ1) is 19.1. The fourth-order valence-electron chi connectivity index (χ4n) is 2.69. The highest BCUT2D eigenvalue weighted by molar-refractivity contribution is 6.08. The molecule has 0 saturated heterocycles. The third-order valence-electron chi connectivity index (χ3n) is 4.06. The van der Waals surface area contributed by atoms with E-state index in [4.69, 9.17) is 7.85 Å². The van der Waals surface area contributed by atoms with Crippen LogP contribution in [0.3, 0.4) is 0 Å². The summed E-state index contributed by atoms with van der Waals surface area (Å²) in [6, 6.07) is 0. The summed E-state index contributed by atoms with van der Waals surface area (Å²) in [5.41, 5.74) is 0. The van der Waals surface area contributed by atoms with Gasteiger partial charge < -0.3 is 0 Å². The van der Waals surface area contributed by atoms with Crippen molar-refractivity contribution < 1.29 is 0 Å². The lowest BCUT2D eigenvalue weighted by Crippen LogP contribution is -1.83. The molecule has 0 amide bonds. The van der Waals surface area contributed by atoms with Crippen LogP contribution in [0.1, 0.15) is 110 Å². The molecule has 0 fully saturated rings. The molecule has 0 aliphatic heterocycles. The Balaban J connectivity index is 2.88. The minimum absolute atomic E-state index is 0.873. The fraction of sp³-hybridized carbons (Fsp3) is 1.00. The molecule has 0 atom stereocenters. The fourth-order valence-corrected chi connectivity index (χ4v) is 2.69. The van der Waals surface area contributed by atoms with Gasteiger partial charge in [0, 0.05) is 0 Å². The van der Waals surface area contributed by atoms with Gasteiger partial charge in [-0.1, -0.05) is 116 Å². The highest BCUT2D eigenvalue weighted by Crippen LogP contribution is 2.13. The largest absolute Gasteiger partial charge is 0.0887 e. The van der Waals surface area contributed by atoms with Crippen molar-refractivity contribution in [3.63, 3.8) is 0 Å². The van der Waals surface area contributed by atoms with Crippen LogP contribution < -0.4 is 0 Å². The molecule has 0 unspecified atom stereocenters. The van der Waals surface area contributed by atoms with E-state index in [9.17, 15) is 0 Å². The van der Waals surface area contributed by atoms with Crippen LogP contribution in [0.2, 0.25) is 6.32 Å². The van der Waals surface area contributed by atoms with Gasteiger partial charge >= 0.3 is 0 Å². The second-order valence-corrected chi connectivity index (χ2v) is 6.09. The van der Waals surface area contributed by atoms with Crippen molar-refractivity contribution in [3.05, 3.63) is 0 Å². The molecular formula is C18H37B. The molecular weight excluding hydrogens is 227 g/mol. The quantitative estimate of drug-likeness (QED) is 0.211. The average Bonchev–Trinajstić information content (AvgIpc) is 2.43. The highest BCUT2D eigenvalue weighted by Gasteiger charge is 1.94. The van der Waals surface area contributed by atoms with Gasteiger partial charge in [-0.05, 0) is 0 Å². The van der Waals surface area contributed by atoms with Crippen molar-refractivity contribution in [1.82, 2.24) is 0 Å². The Kier molecular flexibility index (Phi) is 18.1. The second-order valence-electron chi connectivity index (χ2n) is 6.09. The van der Waals surface area contributed by atoms with Gasteiger partial charge in [0.1, 0.15) is 0 Å². The highest BCUT2D eigenvalue weighted by atomic mass is 14.0. The topological polar surface area (TPSA) is 0 Å². The summed E-state index contributed by atoms with van der Waals surface area (Å²) >= 11 is 0. The van der Waals surface area contributed by atoms with E-state index in [-0.39, 0.29) is 0 Å². The molecule has 0 saturated carbocycles. The van der Waals surface area contributed by atoms with Crippen molar-refractivity contribution in [2.75, 3.05) is 0 Å². The maximum atomic E-state index is 5.48. The normalized spacial score (nSPS) is 11.0. The van der Waals surface area contributed by atoms with Crippen LogP contribution in [0, 0.1) is 0 Å². The Hall–Kier alpha value is 0.0649. The minimum Gasteiger partial charge on any atom is -0.0887 e. The zero-order valence-corrected chi connectivity index (χ0v) is 13.6. The van der Waals surface area contributed by atoms with Gasteiger partial charge in [-0.25, -0.2) is 0 Å². The number of hydrogen-bond donors (Lipinski definition) is 0. The van der Waals surface area contributed by atoms with Crippen LogP contribution in [0.4, 0.5) is 0 Å². The van der Waals surface area contributed by atoms with Gasteiger partial charge in [-0.15, -0.1) is 0 Å². The molecule has 0 spiro atoms. The SMILES string of the molecule is [B]CCCCCCCCCCCCCCCCCC. The summed E-state index contributed by atoms with van der Waals surface area (Å²) < 4.78 is 0. The molecule has 0 aliphatic rings. The molecule has 0 rings (SSSR count). The molecule has 0 bridgehead atoms. The lowest BCUT2D eigenvalue weighted by atomic mass is 9.98. The summed E-state index contributed by atoms with van der Waals surface area (Å²) in [6.45, 7) is 2.29. The smallest absolute Gasteiger partial charge is 0.0653 e. The predicted molar refractivity (Wildman–Crippen MR) is 90.1 cm³/mol. The molecule has 112 valence electrons. The average molecular weight is 264 g/mol. The third kappa shape index (κ3) is 18.1. The molecule has 2 radical (unpaired) electrons. The lowest BCUT2D eigenvalue weighted by molar-refractivity contribution is 0.531. The summed E-state index contributed by atoms with van der Waals surface area (Å²) in [6.07, 6.45) is 23.7. The Morgan fingerprint density at radius 1 is 0.421 bits per heavy atom. The van der Waals surface area contributed by atoms with E-state index in [1.54, 1.807) is 0 Å². The second kappa shape index (κ2) is 18.1. The number of hydrogen-bond acceptors (Lipinski definition) is 0. The van der Waals surface area contributed by atoms with Crippen molar-refractivity contribution in [1.29, 1.82) is 0 Å². The molecule has 0 aromatic heterocycles. The van der Waals surface area contributed by atoms with Crippen LogP contribution in [0.15, 0.2) is 0 Å². The molecule has 1 heteroatoms. The van der Waals surface area contributed by atoms with Gasteiger partial charge in [0.05, 0.1) is 7.85 Å². The molecule has 0 nitrogen and oxygen atoms in total. The summed E-state index contributed by atoms with van der Waals surface area (Å²) in [7, 11) is 5.48. The van der Waals surface area contributed by atoms with Gasteiger partial charge in [0.15, 0.2) is 0 Å². The van der Waals surface area contributed by atoms with Crippen LogP contribution in [-0.2, 0) is 0 Å². The monoisotopic (exact) mass is 264 g/mol. The van der Waals surface area contributed by atoms with E-state index in [1.165, 1.54) is 103 Å². The van der Waals surface area contributed by atoms with Crippen LogP contribution >= 0.6 is 0 Å². The zero-order chi connectivity index (χ0) is 14.0. The van der Waals surface area contributed by atoms with Crippen LogP contribution in [0.5, 0.6) is 0 Å². The molecule has 0 aliphatic carbocycles. The summed E-state index contributed by atoms with van der Waals surface area (Å²) in [5, 5.41) is 0. The van der Waals surface area contributed by atoms with Crippen molar-refractivity contribution in [2.24, 2.45) is 0 Å². The molecule has 0 heterocycles. The van der Waals surface area contributed by atoms with E-state index < -0.39 is 0 Å². The Labute approximate surface area is 124 Å². The first-order valence-electron chi connectivity index (χ1n) is 9.12. The molecule has 0 N–H and O–H groups in total. The van der Waals surface area contributed by atoms with E-state index >= 15 is 0 Å². The Morgan fingerprint density at radius 2 is 0.684 bits per heavy atom. The molecule has 19 heavy (non-hydrogen) atoms. The van der Waals surface area contributed by atoms with E-state index in [0.29, 0.717) is 0 Å². The van der Waals surface area contributed by atoms with E-state index in [1.807, 2.05) is 0 Å². The Bertz CT molecular complexity index is 129. The molecule has 0 aromatic rings.